The Labute approximate surface area is 124 Å². The predicted molar refractivity (Wildman–Crippen MR) is 80.6 cm³/mol. The van der Waals surface area contributed by atoms with E-state index in [1.165, 1.54) is 12.8 Å². The molecule has 1 aliphatic heterocycles. The zero-order chi connectivity index (χ0) is 15.0. The first-order valence-electron chi connectivity index (χ1n) is 7.54. The van der Waals surface area contributed by atoms with Crippen molar-refractivity contribution in [3.05, 3.63) is 35.9 Å². The second kappa shape index (κ2) is 5.48. The monoisotopic (exact) mass is 287 g/mol. The quantitative estimate of drug-likeness (QED) is 0.943. The number of hydrogen-bond donors (Lipinski definition) is 1. The van der Waals surface area contributed by atoms with Crippen LogP contribution in [0.1, 0.15) is 55.3 Å². The van der Waals surface area contributed by atoms with E-state index in [4.69, 9.17) is 5.11 Å². The normalized spacial score (nSPS) is 20.2. The van der Waals surface area contributed by atoms with Crippen LogP contribution in [0.2, 0.25) is 0 Å². The topological polar surface area (TPSA) is 57.8 Å². The highest BCUT2D eigenvalue weighted by Crippen LogP contribution is 2.32. The maximum absolute atomic E-state index is 11.1. The van der Waals surface area contributed by atoms with E-state index in [9.17, 15) is 4.79 Å². The van der Waals surface area contributed by atoms with E-state index in [0.29, 0.717) is 17.6 Å². The summed E-state index contributed by atoms with van der Waals surface area (Å²) in [6.45, 7) is 5.54. The number of imidazole rings is 1. The maximum atomic E-state index is 11.1. The molecule has 112 valence electrons. The molecule has 1 N–H and O–H groups in total. The number of carboxylic acids is 1. The Morgan fingerprint density at radius 3 is 2.95 bits per heavy atom. The van der Waals surface area contributed by atoms with Gasteiger partial charge in [0, 0.05) is 12.2 Å². The minimum atomic E-state index is -0.901. The summed E-state index contributed by atoms with van der Waals surface area (Å²) in [5.41, 5.74) is 1.15. The van der Waals surface area contributed by atoms with Crippen molar-refractivity contribution in [1.29, 1.82) is 0 Å². The number of nitrogens with zero attached hydrogens (tertiary/aromatic N) is 3. The van der Waals surface area contributed by atoms with Gasteiger partial charge in [-0.15, -0.1) is 0 Å². The maximum Gasteiger partial charge on any atom is 0.335 e. The fourth-order valence-corrected chi connectivity index (χ4v) is 3.25. The Balaban J connectivity index is 2.01. The fraction of sp³-hybridized carbons (Fsp3) is 0.500. The second-order valence-electron chi connectivity index (χ2n) is 5.97. The zero-order valence-electron chi connectivity index (χ0n) is 12.5. The molecule has 0 bridgehead atoms. The van der Waals surface area contributed by atoms with Crippen LogP contribution in [0.4, 0.5) is 0 Å². The highest BCUT2D eigenvalue weighted by molar-refractivity contribution is 5.88. The van der Waals surface area contributed by atoms with Crippen LogP contribution in [0.25, 0.3) is 5.52 Å². The van der Waals surface area contributed by atoms with Gasteiger partial charge in [-0.1, -0.05) is 6.42 Å². The highest BCUT2D eigenvalue weighted by Gasteiger charge is 2.28. The smallest absolute Gasteiger partial charge is 0.335 e. The minimum absolute atomic E-state index is 0.304. The average Bonchev–Trinajstić information content (AvgIpc) is 2.89. The summed E-state index contributed by atoms with van der Waals surface area (Å²) in [5, 5.41) is 9.08. The molecule has 0 saturated carbocycles. The minimum Gasteiger partial charge on any atom is -0.478 e. The van der Waals surface area contributed by atoms with Gasteiger partial charge < -0.3 is 9.51 Å². The Hall–Kier alpha value is -1.88. The number of pyridine rings is 1. The largest absolute Gasteiger partial charge is 0.478 e. The van der Waals surface area contributed by atoms with E-state index in [0.717, 1.165) is 24.3 Å². The Kier molecular flexibility index (Phi) is 3.68. The van der Waals surface area contributed by atoms with E-state index >= 15 is 0 Å². The van der Waals surface area contributed by atoms with Gasteiger partial charge >= 0.3 is 5.97 Å². The lowest BCUT2D eigenvalue weighted by atomic mass is 10.00. The summed E-state index contributed by atoms with van der Waals surface area (Å²) in [6, 6.07) is 4.13. The third-order valence-corrected chi connectivity index (χ3v) is 4.31. The fourth-order valence-electron chi connectivity index (χ4n) is 3.25. The molecule has 0 amide bonds. The summed E-state index contributed by atoms with van der Waals surface area (Å²) in [4.78, 5) is 18.1. The molecule has 0 aliphatic carbocycles. The lowest BCUT2D eigenvalue weighted by Gasteiger charge is -2.37. The van der Waals surface area contributed by atoms with Crippen molar-refractivity contribution in [3.8, 4) is 0 Å². The van der Waals surface area contributed by atoms with Gasteiger partial charge in [-0.25, -0.2) is 9.78 Å². The SMILES string of the molecule is CC(C)N1CCCCC1c1ncc2cc(C(=O)O)ccn12. The molecule has 5 heteroatoms. The first-order chi connectivity index (χ1) is 10.1. The first kappa shape index (κ1) is 14.1. The summed E-state index contributed by atoms with van der Waals surface area (Å²) in [6.07, 6.45) is 7.16. The Bertz CT molecular complexity index is 663. The van der Waals surface area contributed by atoms with E-state index in [-0.39, 0.29) is 0 Å². The average molecular weight is 287 g/mol. The lowest BCUT2D eigenvalue weighted by Crippen LogP contribution is -2.39. The van der Waals surface area contributed by atoms with Gasteiger partial charge in [0.25, 0.3) is 0 Å². The van der Waals surface area contributed by atoms with Crippen molar-refractivity contribution < 1.29 is 9.90 Å². The summed E-state index contributed by atoms with van der Waals surface area (Å²) in [5.74, 6) is 0.122. The van der Waals surface area contributed by atoms with Crippen LogP contribution in [0, 0.1) is 0 Å². The summed E-state index contributed by atoms with van der Waals surface area (Å²) >= 11 is 0. The van der Waals surface area contributed by atoms with Crippen LogP contribution in [0.15, 0.2) is 24.5 Å². The van der Waals surface area contributed by atoms with Crippen LogP contribution in [0.3, 0.4) is 0 Å². The van der Waals surface area contributed by atoms with Crippen LogP contribution in [-0.2, 0) is 0 Å². The third-order valence-electron chi connectivity index (χ3n) is 4.31. The van der Waals surface area contributed by atoms with Crippen molar-refractivity contribution >= 4 is 11.5 Å². The van der Waals surface area contributed by atoms with Crippen molar-refractivity contribution in [2.24, 2.45) is 0 Å². The van der Waals surface area contributed by atoms with E-state index in [2.05, 4.69) is 23.7 Å². The van der Waals surface area contributed by atoms with Crippen LogP contribution in [0.5, 0.6) is 0 Å². The number of aromatic carboxylic acids is 1. The van der Waals surface area contributed by atoms with Crippen molar-refractivity contribution in [1.82, 2.24) is 14.3 Å². The van der Waals surface area contributed by atoms with E-state index < -0.39 is 5.97 Å². The molecule has 1 atom stereocenters. The number of carboxylic acid groups (broad SMARTS) is 1. The molecule has 2 aromatic rings. The predicted octanol–water partition coefficient (Wildman–Crippen LogP) is 2.97. The van der Waals surface area contributed by atoms with Crippen molar-refractivity contribution in [2.45, 2.75) is 45.2 Å². The number of likely N-dealkylation sites (tertiary alicyclic amines) is 1. The molecule has 0 spiro atoms. The molecule has 1 unspecified atom stereocenters. The summed E-state index contributed by atoms with van der Waals surface area (Å²) in [7, 11) is 0. The van der Waals surface area contributed by atoms with Gasteiger partial charge in [-0.05, 0) is 45.4 Å². The molecule has 21 heavy (non-hydrogen) atoms. The number of piperidine rings is 1. The number of carbonyl (C=O) groups is 1. The molecular formula is C16H21N3O2. The standard InChI is InChI=1S/C16H21N3O2/c1-11(2)18-7-4-3-5-14(18)15-17-10-13-9-12(16(20)21)6-8-19(13)15/h6,8-11,14H,3-5,7H2,1-2H3,(H,20,21). The van der Waals surface area contributed by atoms with Crippen molar-refractivity contribution in [3.63, 3.8) is 0 Å². The van der Waals surface area contributed by atoms with Crippen LogP contribution in [-0.4, -0.2) is 37.9 Å². The molecule has 2 aromatic heterocycles. The van der Waals surface area contributed by atoms with E-state index in [1.807, 2.05) is 10.6 Å². The van der Waals surface area contributed by atoms with Gasteiger partial charge in [0.1, 0.15) is 5.82 Å². The molecule has 1 aliphatic rings. The second-order valence-corrected chi connectivity index (χ2v) is 5.97. The van der Waals surface area contributed by atoms with Crippen LogP contribution < -0.4 is 0 Å². The molecule has 0 aromatic carbocycles. The van der Waals surface area contributed by atoms with Crippen LogP contribution >= 0.6 is 0 Å². The molecule has 3 heterocycles. The number of hydrogen-bond acceptors (Lipinski definition) is 3. The van der Waals surface area contributed by atoms with Gasteiger partial charge in [0.05, 0.1) is 23.3 Å². The van der Waals surface area contributed by atoms with Crippen molar-refractivity contribution in [2.75, 3.05) is 6.54 Å². The van der Waals surface area contributed by atoms with Gasteiger partial charge in [0.2, 0.25) is 0 Å². The Morgan fingerprint density at radius 1 is 1.43 bits per heavy atom. The van der Waals surface area contributed by atoms with Gasteiger partial charge in [-0.3, -0.25) is 4.90 Å². The third kappa shape index (κ3) is 2.53. The molecule has 3 rings (SSSR count). The number of fused-ring (bicyclic) bond motifs is 1. The number of rotatable bonds is 3. The molecule has 1 fully saturated rings. The van der Waals surface area contributed by atoms with Gasteiger partial charge in [0.15, 0.2) is 0 Å². The first-order valence-corrected chi connectivity index (χ1v) is 7.54. The lowest BCUT2D eigenvalue weighted by molar-refractivity contribution is 0.0697. The molecule has 1 saturated heterocycles. The highest BCUT2D eigenvalue weighted by atomic mass is 16.4. The molecule has 0 radical (unpaired) electrons. The number of aromatic nitrogens is 2. The zero-order valence-corrected chi connectivity index (χ0v) is 12.5. The summed E-state index contributed by atoms with van der Waals surface area (Å²) < 4.78 is 2.03. The van der Waals surface area contributed by atoms with E-state index in [1.54, 1.807) is 18.3 Å². The van der Waals surface area contributed by atoms with Gasteiger partial charge in [-0.2, -0.15) is 0 Å². The molecule has 5 nitrogen and oxygen atoms in total. The Morgan fingerprint density at radius 2 is 2.24 bits per heavy atom. The molecular weight excluding hydrogens is 266 g/mol.